The molecule has 2 aromatic carbocycles. The van der Waals surface area contributed by atoms with E-state index in [-0.39, 0.29) is 11.3 Å². The van der Waals surface area contributed by atoms with E-state index < -0.39 is 5.82 Å². The summed E-state index contributed by atoms with van der Waals surface area (Å²) in [5.74, 6) is -0.729. The monoisotopic (exact) mass is 480 g/mol. The van der Waals surface area contributed by atoms with Crippen LogP contribution < -0.4 is 0 Å². The molecule has 0 spiro atoms. The van der Waals surface area contributed by atoms with E-state index >= 15 is 4.39 Å². The standard InChI is InChI=1S/C28H22F2N6/c1-36(2)15-16-6-19(12-31-11-16)18-8-22-27(24(30)9-18)34-35-28(22)25-10-21-23(13-32-14-26(21)33-25)17-4-3-5-20(29)7-17/h3-14,33H,15H2,1-2H3,(H,34,35). The molecule has 8 heteroatoms. The number of nitrogens with zero attached hydrogens (tertiary/aromatic N) is 4. The third-order valence-electron chi connectivity index (χ3n) is 6.19. The maximum absolute atomic E-state index is 15.1. The van der Waals surface area contributed by atoms with Crippen LogP contribution in [0.4, 0.5) is 8.78 Å². The molecule has 4 aromatic heterocycles. The van der Waals surface area contributed by atoms with Crippen molar-refractivity contribution in [1.82, 2.24) is 30.0 Å². The third kappa shape index (κ3) is 3.91. The lowest BCUT2D eigenvalue weighted by molar-refractivity contribution is 0.402. The molecule has 0 saturated heterocycles. The van der Waals surface area contributed by atoms with Gasteiger partial charge in [0.2, 0.25) is 0 Å². The van der Waals surface area contributed by atoms with E-state index in [0.717, 1.165) is 45.4 Å². The molecular weight excluding hydrogens is 458 g/mol. The van der Waals surface area contributed by atoms with Crippen LogP contribution in [0.2, 0.25) is 0 Å². The Bertz CT molecular complexity index is 1730. The number of aromatic amines is 2. The molecule has 178 valence electrons. The highest BCUT2D eigenvalue weighted by Gasteiger charge is 2.17. The molecule has 0 amide bonds. The minimum atomic E-state index is -0.416. The number of pyridine rings is 2. The number of nitrogens with one attached hydrogen (secondary N) is 2. The summed E-state index contributed by atoms with van der Waals surface area (Å²) in [5, 5.41) is 8.76. The summed E-state index contributed by atoms with van der Waals surface area (Å²) in [6.45, 7) is 0.735. The number of aromatic nitrogens is 5. The van der Waals surface area contributed by atoms with Crippen LogP contribution in [0.1, 0.15) is 5.56 Å². The van der Waals surface area contributed by atoms with Crippen LogP contribution in [0.3, 0.4) is 0 Å². The van der Waals surface area contributed by atoms with Crippen molar-refractivity contribution in [2.24, 2.45) is 0 Å². The van der Waals surface area contributed by atoms with Gasteiger partial charge in [0.25, 0.3) is 0 Å². The predicted octanol–water partition coefficient (Wildman–Crippen LogP) is 6.18. The minimum Gasteiger partial charge on any atom is -0.352 e. The molecule has 6 rings (SSSR count). The molecule has 0 radical (unpaired) electrons. The first-order valence-corrected chi connectivity index (χ1v) is 11.5. The average Bonchev–Trinajstić information content (AvgIpc) is 3.48. The fourth-order valence-corrected chi connectivity index (χ4v) is 4.62. The lowest BCUT2D eigenvalue weighted by Crippen LogP contribution is -2.10. The van der Waals surface area contributed by atoms with Gasteiger partial charge in [0.15, 0.2) is 5.82 Å². The first-order chi connectivity index (χ1) is 17.5. The van der Waals surface area contributed by atoms with Gasteiger partial charge in [-0.2, -0.15) is 5.10 Å². The van der Waals surface area contributed by atoms with Crippen molar-refractivity contribution in [2.75, 3.05) is 14.1 Å². The second kappa shape index (κ2) is 8.66. The number of hydrogen-bond acceptors (Lipinski definition) is 4. The van der Waals surface area contributed by atoms with E-state index in [1.807, 2.05) is 44.6 Å². The van der Waals surface area contributed by atoms with Crippen molar-refractivity contribution in [2.45, 2.75) is 6.54 Å². The Kier molecular flexibility index (Phi) is 5.30. The molecule has 6 nitrogen and oxygen atoms in total. The lowest BCUT2D eigenvalue weighted by atomic mass is 10.0. The van der Waals surface area contributed by atoms with Crippen molar-refractivity contribution in [3.63, 3.8) is 0 Å². The van der Waals surface area contributed by atoms with Crippen LogP contribution in [-0.2, 0) is 6.54 Å². The van der Waals surface area contributed by atoms with Crippen molar-refractivity contribution in [3.05, 3.63) is 90.5 Å². The number of halogens is 2. The summed E-state index contributed by atoms with van der Waals surface area (Å²) < 4.78 is 29.0. The van der Waals surface area contributed by atoms with E-state index in [9.17, 15) is 4.39 Å². The fourth-order valence-electron chi connectivity index (χ4n) is 4.62. The molecule has 0 fully saturated rings. The van der Waals surface area contributed by atoms with Crippen LogP contribution in [0.15, 0.2) is 73.3 Å². The molecule has 0 saturated carbocycles. The fraction of sp³-hybridized carbons (Fsp3) is 0.107. The topological polar surface area (TPSA) is 73.5 Å². The second-order valence-electron chi connectivity index (χ2n) is 9.11. The van der Waals surface area contributed by atoms with Crippen molar-refractivity contribution < 1.29 is 8.78 Å². The van der Waals surface area contributed by atoms with Gasteiger partial charge in [0.1, 0.15) is 11.3 Å². The highest BCUT2D eigenvalue weighted by Crippen LogP contribution is 2.36. The zero-order valence-corrected chi connectivity index (χ0v) is 19.7. The van der Waals surface area contributed by atoms with Gasteiger partial charge < -0.3 is 9.88 Å². The molecule has 0 aliphatic heterocycles. The van der Waals surface area contributed by atoms with Crippen LogP contribution in [0.25, 0.3) is 55.4 Å². The second-order valence-corrected chi connectivity index (χ2v) is 9.11. The third-order valence-corrected chi connectivity index (χ3v) is 6.19. The Labute approximate surface area is 205 Å². The van der Waals surface area contributed by atoms with Gasteiger partial charge >= 0.3 is 0 Å². The average molecular weight is 481 g/mol. The maximum Gasteiger partial charge on any atom is 0.151 e. The largest absolute Gasteiger partial charge is 0.352 e. The lowest BCUT2D eigenvalue weighted by Gasteiger charge is -2.10. The van der Waals surface area contributed by atoms with E-state index in [4.69, 9.17) is 0 Å². The molecule has 0 bridgehead atoms. The molecule has 0 atom stereocenters. The Morgan fingerprint density at radius 1 is 0.833 bits per heavy atom. The summed E-state index contributed by atoms with van der Waals surface area (Å²) >= 11 is 0. The van der Waals surface area contributed by atoms with Crippen LogP contribution in [-0.4, -0.2) is 44.1 Å². The first kappa shape index (κ1) is 22.1. The Balaban J connectivity index is 1.48. The van der Waals surface area contributed by atoms with Gasteiger partial charge in [-0.3, -0.25) is 15.1 Å². The molecule has 36 heavy (non-hydrogen) atoms. The summed E-state index contributed by atoms with van der Waals surface area (Å²) in [5.41, 5.74) is 6.54. The van der Waals surface area contributed by atoms with Gasteiger partial charge in [-0.05, 0) is 67.2 Å². The summed E-state index contributed by atoms with van der Waals surface area (Å²) in [4.78, 5) is 14.1. The number of hydrogen-bond donors (Lipinski definition) is 2. The molecule has 2 N–H and O–H groups in total. The number of rotatable bonds is 5. The number of fused-ring (bicyclic) bond motifs is 2. The minimum absolute atomic E-state index is 0.258. The maximum atomic E-state index is 15.1. The molecule has 4 heterocycles. The molecule has 6 aromatic rings. The Morgan fingerprint density at radius 2 is 1.69 bits per heavy atom. The van der Waals surface area contributed by atoms with Crippen LogP contribution in [0, 0.1) is 11.6 Å². The summed E-state index contributed by atoms with van der Waals surface area (Å²) in [6, 6.07) is 13.8. The van der Waals surface area contributed by atoms with Gasteiger partial charge in [-0.15, -0.1) is 0 Å². The van der Waals surface area contributed by atoms with Crippen molar-refractivity contribution in [3.8, 4) is 33.6 Å². The molecule has 0 aliphatic rings. The number of H-pyrrole nitrogens is 2. The highest BCUT2D eigenvalue weighted by molar-refractivity contribution is 6.01. The normalized spacial score (nSPS) is 11.7. The van der Waals surface area contributed by atoms with Crippen LogP contribution >= 0.6 is 0 Å². The van der Waals surface area contributed by atoms with E-state index in [1.54, 1.807) is 24.7 Å². The van der Waals surface area contributed by atoms with Gasteiger partial charge in [0, 0.05) is 47.0 Å². The zero-order valence-electron chi connectivity index (χ0n) is 19.7. The van der Waals surface area contributed by atoms with Crippen LogP contribution in [0.5, 0.6) is 0 Å². The van der Waals surface area contributed by atoms with E-state index in [0.29, 0.717) is 16.6 Å². The van der Waals surface area contributed by atoms with Gasteiger partial charge in [-0.25, -0.2) is 8.78 Å². The first-order valence-electron chi connectivity index (χ1n) is 11.5. The number of benzene rings is 2. The Morgan fingerprint density at radius 3 is 2.53 bits per heavy atom. The predicted molar refractivity (Wildman–Crippen MR) is 137 cm³/mol. The van der Waals surface area contributed by atoms with Crippen molar-refractivity contribution in [1.29, 1.82) is 0 Å². The summed E-state index contributed by atoms with van der Waals surface area (Å²) in [6.07, 6.45) is 6.98. The highest BCUT2D eigenvalue weighted by atomic mass is 19.1. The van der Waals surface area contributed by atoms with E-state index in [2.05, 4.69) is 30.0 Å². The van der Waals surface area contributed by atoms with E-state index in [1.165, 1.54) is 18.2 Å². The molecule has 0 aliphatic carbocycles. The van der Waals surface area contributed by atoms with Gasteiger partial charge in [-0.1, -0.05) is 12.1 Å². The smallest absolute Gasteiger partial charge is 0.151 e. The zero-order chi connectivity index (χ0) is 24.8. The summed E-state index contributed by atoms with van der Waals surface area (Å²) in [7, 11) is 3.98. The van der Waals surface area contributed by atoms with Gasteiger partial charge in [0.05, 0.1) is 23.1 Å². The quantitative estimate of drug-likeness (QED) is 0.309. The molecule has 0 unspecified atom stereocenters. The molecular formula is C28H22F2N6. The van der Waals surface area contributed by atoms with Crippen molar-refractivity contribution >= 4 is 21.8 Å². The SMILES string of the molecule is CN(C)Cc1cncc(-c2cc(F)c3n[nH]c(-c4cc5c(-c6cccc(F)c6)cncc5[nH]4)c3c2)c1. The Hall–Kier alpha value is -4.43.